The van der Waals surface area contributed by atoms with Gasteiger partial charge in [0, 0.05) is 51.0 Å². The van der Waals surface area contributed by atoms with Crippen LogP contribution in [-0.4, -0.2) is 51.9 Å². The van der Waals surface area contributed by atoms with Crippen molar-refractivity contribution in [3.8, 4) is 5.75 Å². The molecule has 1 amide bonds. The summed E-state index contributed by atoms with van der Waals surface area (Å²) in [5.74, 6) is 1.57. The van der Waals surface area contributed by atoms with Crippen molar-refractivity contribution in [3.05, 3.63) is 53.2 Å². The number of nitrogens with zero attached hydrogens (tertiary/aromatic N) is 2. The molecular formula is C22H29N3O3. The van der Waals surface area contributed by atoms with Gasteiger partial charge in [-0.05, 0) is 38.0 Å². The number of pyridine rings is 1. The predicted molar refractivity (Wildman–Crippen MR) is 110 cm³/mol. The fourth-order valence-corrected chi connectivity index (χ4v) is 3.68. The van der Waals surface area contributed by atoms with E-state index in [1.807, 2.05) is 43.3 Å². The first-order valence-electron chi connectivity index (χ1n) is 9.60. The van der Waals surface area contributed by atoms with Gasteiger partial charge in [-0.15, -0.1) is 0 Å². The number of benzene rings is 1. The molecule has 6 heteroatoms. The van der Waals surface area contributed by atoms with Crippen LogP contribution in [-0.2, 0) is 10.2 Å². The first kappa shape index (κ1) is 20.1. The Morgan fingerprint density at radius 3 is 2.61 bits per heavy atom. The number of hydrogen-bond acceptors (Lipinski definition) is 5. The fourth-order valence-electron chi connectivity index (χ4n) is 3.68. The molecule has 0 radical (unpaired) electrons. The third-order valence-corrected chi connectivity index (χ3v) is 5.43. The average Bonchev–Trinajstić information content (AvgIpc) is 2.72. The molecule has 28 heavy (non-hydrogen) atoms. The molecule has 2 heterocycles. The molecule has 1 aromatic heterocycles. The second-order valence-electron chi connectivity index (χ2n) is 7.58. The molecule has 1 saturated heterocycles. The van der Waals surface area contributed by atoms with E-state index in [0.29, 0.717) is 25.3 Å². The van der Waals surface area contributed by atoms with E-state index in [9.17, 15) is 4.79 Å². The molecule has 0 atom stereocenters. The van der Waals surface area contributed by atoms with Crippen LogP contribution in [0.2, 0.25) is 0 Å². The number of amides is 1. The van der Waals surface area contributed by atoms with E-state index in [0.717, 1.165) is 30.0 Å². The molecule has 0 bridgehead atoms. The van der Waals surface area contributed by atoms with E-state index in [-0.39, 0.29) is 11.3 Å². The molecule has 0 saturated carbocycles. The van der Waals surface area contributed by atoms with Crippen LogP contribution in [0.1, 0.15) is 34.3 Å². The number of anilines is 1. The third kappa shape index (κ3) is 4.28. The summed E-state index contributed by atoms with van der Waals surface area (Å²) in [6.07, 6.45) is 3.30. The molecule has 6 nitrogen and oxygen atoms in total. The van der Waals surface area contributed by atoms with Gasteiger partial charge in [0.2, 0.25) is 0 Å². The number of carbonyl (C=O) groups excluding carboxylic acids is 1. The van der Waals surface area contributed by atoms with Gasteiger partial charge in [0.1, 0.15) is 11.6 Å². The number of ether oxygens (including phenoxy) is 2. The second kappa shape index (κ2) is 8.61. The molecule has 0 unspecified atom stereocenters. The Labute approximate surface area is 166 Å². The average molecular weight is 383 g/mol. The van der Waals surface area contributed by atoms with Crippen molar-refractivity contribution in [3.63, 3.8) is 0 Å². The summed E-state index contributed by atoms with van der Waals surface area (Å²) in [5, 5.41) is 3.12. The van der Waals surface area contributed by atoms with E-state index in [2.05, 4.69) is 23.3 Å². The molecule has 1 N–H and O–H groups in total. The Balaban J connectivity index is 1.81. The number of nitrogens with one attached hydrogen (secondary N) is 1. The van der Waals surface area contributed by atoms with Crippen molar-refractivity contribution in [2.75, 3.05) is 45.9 Å². The summed E-state index contributed by atoms with van der Waals surface area (Å²) in [6, 6.07) is 9.88. The van der Waals surface area contributed by atoms with Gasteiger partial charge >= 0.3 is 0 Å². The van der Waals surface area contributed by atoms with E-state index in [4.69, 9.17) is 9.47 Å². The number of rotatable bonds is 6. The summed E-state index contributed by atoms with van der Waals surface area (Å²) in [5.41, 5.74) is 2.67. The van der Waals surface area contributed by atoms with Gasteiger partial charge in [0.15, 0.2) is 0 Å². The number of aromatic nitrogens is 1. The Hall–Kier alpha value is -2.60. The summed E-state index contributed by atoms with van der Waals surface area (Å²) in [6.45, 7) is 3.95. The zero-order valence-corrected chi connectivity index (χ0v) is 17.1. The van der Waals surface area contributed by atoms with Crippen LogP contribution in [0.5, 0.6) is 5.75 Å². The van der Waals surface area contributed by atoms with Crippen LogP contribution < -0.4 is 15.0 Å². The lowest BCUT2D eigenvalue weighted by atomic mass is 9.73. The fraction of sp³-hybridized carbons (Fsp3) is 0.455. The smallest absolute Gasteiger partial charge is 0.252 e. The van der Waals surface area contributed by atoms with Gasteiger partial charge in [0.25, 0.3) is 5.91 Å². The lowest BCUT2D eigenvalue weighted by Gasteiger charge is -2.38. The van der Waals surface area contributed by atoms with Crippen molar-refractivity contribution in [2.45, 2.75) is 25.2 Å². The molecule has 1 aromatic carbocycles. The van der Waals surface area contributed by atoms with Crippen molar-refractivity contribution in [1.29, 1.82) is 0 Å². The van der Waals surface area contributed by atoms with E-state index >= 15 is 0 Å². The molecule has 0 spiro atoms. The van der Waals surface area contributed by atoms with E-state index < -0.39 is 0 Å². The summed E-state index contributed by atoms with van der Waals surface area (Å²) in [4.78, 5) is 19.0. The van der Waals surface area contributed by atoms with Crippen molar-refractivity contribution < 1.29 is 14.3 Å². The Bertz CT molecular complexity index is 812. The molecule has 1 aliphatic rings. The first-order chi connectivity index (χ1) is 13.4. The lowest BCUT2D eigenvalue weighted by molar-refractivity contribution is 0.0479. The molecule has 0 aliphatic carbocycles. The van der Waals surface area contributed by atoms with Crippen molar-refractivity contribution in [2.24, 2.45) is 0 Å². The van der Waals surface area contributed by atoms with E-state index in [1.165, 1.54) is 5.56 Å². The molecular weight excluding hydrogens is 354 g/mol. The zero-order valence-electron chi connectivity index (χ0n) is 17.1. The van der Waals surface area contributed by atoms with Crippen LogP contribution in [0.3, 0.4) is 0 Å². The zero-order chi connectivity index (χ0) is 20.1. The van der Waals surface area contributed by atoms with Gasteiger partial charge in [-0.25, -0.2) is 4.98 Å². The molecule has 1 fully saturated rings. The van der Waals surface area contributed by atoms with Crippen LogP contribution in [0.25, 0.3) is 0 Å². The molecule has 3 rings (SSSR count). The second-order valence-corrected chi connectivity index (χ2v) is 7.58. The number of methoxy groups -OCH3 is 1. The minimum absolute atomic E-state index is 0.115. The highest BCUT2D eigenvalue weighted by molar-refractivity contribution is 5.94. The monoisotopic (exact) mass is 383 g/mol. The largest absolute Gasteiger partial charge is 0.496 e. The first-order valence-corrected chi connectivity index (χ1v) is 9.60. The van der Waals surface area contributed by atoms with Gasteiger partial charge < -0.3 is 19.7 Å². The normalized spacial score (nSPS) is 15.7. The van der Waals surface area contributed by atoms with Gasteiger partial charge in [0.05, 0.1) is 12.7 Å². The van der Waals surface area contributed by atoms with Crippen molar-refractivity contribution >= 4 is 11.7 Å². The standard InChI is InChI=1S/C22H29N3O3/c1-16-5-7-19(27-4)18(13-16)22(9-11-28-12-10-22)15-24-21(26)17-6-8-20(23-14-17)25(2)3/h5-8,13-14H,9-12,15H2,1-4H3,(H,24,26). The number of carbonyl (C=O) groups is 1. The maximum Gasteiger partial charge on any atom is 0.252 e. The van der Waals surface area contributed by atoms with E-state index in [1.54, 1.807) is 13.3 Å². The highest BCUT2D eigenvalue weighted by atomic mass is 16.5. The predicted octanol–water partition coefficient (Wildman–Crippen LogP) is 2.94. The SMILES string of the molecule is COc1ccc(C)cc1C1(CNC(=O)c2ccc(N(C)C)nc2)CCOCC1. The van der Waals surface area contributed by atoms with Crippen LogP contribution in [0, 0.1) is 6.92 Å². The van der Waals surface area contributed by atoms with Crippen LogP contribution >= 0.6 is 0 Å². The minimum atomic E-state index is -0.206. The molecule has 150 valence electrons. The maximum atomic E-state index is 12.7. The Morgan fingerprint density at radius 1 is 1.25 bits per heavy atom. The Kier molecular flexibility index (Phi) is 6.19. The highest BCUT2D eigenvalue weighted by Gasteiger charge is 2.37. The molecule has 1 aliphatic heterocycles. The summed E-state index contributed by atoms with van der Waals surface area (Å²) in [7, 11) is 5.54. The number of aryl methyl sites for hydroxylation is 1. The van der Waals surface area contributed by atoms with Gasteiger partial charge in [-0.2, -0.15) is 0 Å². The highest BCUT2D eigenvalue weighted by Crippen LogP contribution is 2.40. The lowest BCUT2D eigenvalue weighted by Crippen LogP contribution is -2.44. The van der Waals surface area contributed by atoms with Gasteiger partial charge in [-0.1, -0.05) is 17.7 Å². The van der Waals surface area contributed by atoms with Crippen molar-refractivity contribution in [1.82, 2.24) is 10.3 Å². The maximum absolute atomic E-state index is 12.7. The van der Waals surface area contributed by atoms with Gasteiger partial charge in [-0.3, -0.25) is 4.79 Å². The topological polar surface area (TPSA) is 63.7 Å². The quantitative estimate of drug-likeness (QED) is 0.831. The van der Waals surface area contributed by atoms with Crippen LogP contribution in [0.15, 0.2) is 36.5 Å². The Morgan fingerprint density at radius 2 is 2.00 bits per heavy atom. The molecule has 2 aromatic rings. The summed E-state index contributed by atoms with van der Waals surface area (Å²) < 4.78 is 11.2. The third-order valence-electron chi connectivity index (χ3n) is 5.43. The minimum Gasteiger partial charge on any atom is -0.496 e. The van der Waals surface area contributed by atoms with Crippen LogP contribution in [0.4, 0.5) is 5.82 Å². The number of hydrogen-bond donors (Lipinski definition) is 1. The summed E-state index contributed by atoms with van der Waals surface area (Å²) >= 11 is 0.